The Kier molecular flexibility index (Phi) is 4.79. The summed E-state index contributed by atoms with van der Waals surface area (Å²) in [5.41, 5.74) is 0.866. The normalized spacial score (nSPS) is 12.1. The van der Waals surface area contributed by atoms with E-state index in [4.69, 9.17) is 0 Å². The van der Waals surface area contributed by atoms with Crippen molar-refractivity contribution >= 4 is 5.91 Å². The summed E-state index contributed by atoms with van der Waals surface area (Å²) >= 11 is 0. The van der Waals surface area contributed by atoms with Gasteiger partial charge in [0.1, 0.15) is 5.75 Å². The Bertz CT molecular complexity index is 353. The molecule has 0 heterocycles. The monoisotopic (exact) mass is 222 g/mol. The second-order valence-corrected chi connectivity index (χ2v) is 3.72. The van der Waals surface area contributed by atoms with E-state index in [1.807, 2.05) is 19.1 Å². The van der Waals surface area contributed by atoms with Crippen molar-refractivity contribution in [3.05, 3.63) is 29.8 Å². The minimum Gasteiger partial charge on any atom is -0.508 e. The molecule has 0 aromatic heterocycles. The van der Waals surface area contributed by atoms with Crippen LogP contribution in [0.3, 0.4) is 0 Å². The van der Waals surface area contributed by atoms with E-state index in [-0.39, 0.29) is 11.9 Å². The fraction of sp³-hybridized carbons (Fsp3) is 0.417. The van der Waals surface area contributed by atoms with Gasteiger partial charge in [-0.15, -0.1) is 0 Å². The number of phenolic OH excluding ortho intramolecular Hbond substituents is 1. The number of amides is 1. The maximum Gasteiger partial charge on any atom is 0.216 e. The lowest BCUT2D eigenvalue weighted by Gasteiger charge is -2.15. The fourth-order valence-electron chi connectivity index (χ4n) is 1.49. The van der Waals surface area contributed by atoms with Crippen molar-refractivity contribution in [2.75, 3.05) is 13.1 Å². The third-order valence-electron chi connectivity index (χ3n) is 2.35. The summed E-state index contributed by atoms with van der Waals surface area (Å²) in [5, 5.41) is 15.5. The lowest BCUT2D eigenvalue weighted by atomic mass is 10.1. The maximum absolute atomic E-state index is 10.6. The molecule has 1 aromatic rings. The molecule has 0 fully saturated rings. The Balaban J connectivity index is 2.38. The van der Waals surface area contributed by atoms with Gasteiger partial charge in [0.2, 0.25) is 5.91 Å². The molecule has 0 aliphatic carbocycles. The van der Waals surface area contributed by atoms with E-state index >= 15 is 0 Å². The summed E-state index contributed by atoms with van der Waals surface area (Å²) in [6.07, 6.45) is 0. The van der Waals surface area contributed by atoms with Crippen LogP contribution in [0.15, 0.2) is 24.3 Å². The summed E-state index contributed by atoms with van der Waals surface area (Å²) in [5.74, 6) is 0.263. The van der Waals surface area contributed by atoms with Crippen LogP contribution in [0.25, 0.3) is 0 Å². The van der Waals surface area contributed by atoms with Crippen LogP contribution in [-0.4, -0.2) is 24.1 Å². The smallest absolute Gasteiger partial charge is 0.216 e. The number of rotatable bonds is 5. The van der Waals surface area contributed by atoms with Gasteiger partial charge in [-0.2, -0.15) is 0 Å². The first-order chi connectivity index (χ1) is 7.61. The highest BCUT2D eigenvalue weighted by molar-refractivity contribution is 5.72. The molecule has 0 bridgehead atoms. The van der Waals surface area contributed by atoms with Crippen molar-refractivity contribution in [3.63, 3.8) is 0 Å². The van der Waals surface area contributed by atoms with E-state index in [0.29, 0.717) is 18.8 Å². The molecule has 1 atom stereocenters. The van der Waals surface area contributed by atoms with Gasteiger partial charge in [0.15, 0.2) is 0 Å². The fourth-order valence-corrected chi connectivity index (χ4v) is 1.49. The predicted molar refractivity (Wildman–Crippen MR) is 63.2 cm³/mol. The molecule has 0 aliphatic heterocycles. The quantitative estimate of drug-likeness (QED) is 0.656. The van der Waals surface area contributed by atoms with Crippen LogP contribution in [0.1, 0.15) is 25.5 Å². The summed E-state index contributed by atoms with van der Waals surface area (Å²) in [6.45, 7) is 4.73. The third kappa shape index (κ3) is 3.90. The maximum atomic E-state index is 10.6. The van der Waals surface area contributed by atoms with Crippen molar-refractivity contribution in [2.24, 2.45) is 0 Å². The molecule has 3 N–H and O–H groups in total. The summed E-state index contributed by atoms with van der Waals surface area (Å²) in [4.78, 5) is 10.6. The SMILES string of the molecule is CC(=O)NCCNC(C)c1ccccc1O. The van der Waals surface area contributed by atoms with Gasteiger partial charge in [0, 0.05) is 31.6 Å². The Hall–Kier alpha value is -1.55. The molecule has 4 nitrogen and oxygen atoms in total. The predicted octanol–water partition coefficient (Wildman–Crippen LogP) is 1.18. The summed E-state index contributed by atoms with van der Waals surface area (Å²) in [6, 6.07) is 7.30. The van der Waals surface area contributed by atoms with Gasteiger partial charge in [-0.05, 0) is 13.0 Å². The highest BCUT2D eigenvalue weighted by atomic mass is 16.3. The van der Waals surface area contributed by atoms with E-state index < -0.39 is 0 Å². The zero-order valence-corrected chi connectivity index (χ0v) is 9.66. The van der Waals surface area contributed by atoms with Gasteiger partial charge in [0.25, 0.3) is 0 Å². The van der Waals surface area contributed by atoms with E-state index in [9.17, 15) is 9.90 Å². The lowest BCUT2D eigenvalue weighted by Crippen LogP contribution is -2.31. The third-order valence-corrected chi connectivity index (χ3v) is 2.35. The molecular weight excluding hydrogens is 204 g/mol. The average molecular weight is 222 g/mol. The van der Waals surface area contributed by atoms with E-state index in [1.165, 1.54) is 6.92 Å². The molecule has 4 heteroatoms. The van der Waals surface area contributed by atoms with Crippen molar-refractivity contribution in [1.82, 2.24) is 10.6 Å². The lowest BCUT2D eigenvalue weighted by molar-refractivity contribution is -0.118. The number of carbonyl (C=O) groups is 1. The van der Waals surface area contributed by atoms with Crippen LogP contribution < -0.4 is 10.6 Å². The number of hydrogen-bond donors (Lipinski definition) is 3. The van der Waals surface area contributed by atoms with Crippen LogP contribution in [0, 0.1) is 0 Å². The first-order valence-electron chi connectivity index (χ1n) is 5.37. The standard InChI is InChI=1S/C12H18N2O2/c1-9(13-7-8-14-10(2)15)11-5-3-4-6-12(11)16/h3-6,9,13,16H,7-8H2,1-2H3,(H,14,15). The zero-order chi connectivity index (χ0) is 12.0. The van der Waals surface area contributed by atoms with Crippen molar-refractivity contribution in [2.45, 2.75) is 19.9 Å². The Morgan fingerprint density at radius 3 is 2.69 bits per heavy atom. The second-order valence-electron chi connectivity index (χ2n) is 3.72. The van der Waals surface area contributed by atoms with Crippen molar-refractivity contribution in [1.29, 1.82) is 0 Å². The number of benzene rings is 1. The van der Waals surface area contributed by atoms with Gasteiger partial charge in [0.05, 0.1) is 0 Å². The van der Waals surface area contributed by atoms with E-state index in [0.717, 1.165) is 5.56 Å². The molecule has 88 valence electrons. The number of nitrogens with one attached hydrogen (secondary N) is 2. The first kappa shape index (κ1) is 12.5. The topological polar surface area (TPSA) is 61.4 Å². The molecule has 1 rings (SSSR count). The Morgan fingerprint density at radius 1 is 1.38 bits per heavy atom. The molecule has 1 amide bonds. The average Bonchev–Trinajstić information content (AvgIpc) is 2.24. The highest BCUT2D eigenvalue weighted by Crippen LogP contribution is 2.22. The molecule has 0 radical (unpaired) electrons. The minimum absolute atomic E-state index is 0.0305. The van der Waals surface area contributed by atoms with Gasteiger partial charge in [-0.25, -0.2) is 0 Å². The van der Waals surface area contributed by atoms with E-state index in [1.54, 1.807) is 12.1 Å². The van der Waals surface area contributed by atoms with Gasteiger partial charge < -0.3 is 15.7 Å². The van der Waals surface area contributed by atoms with Crippen LogP contribution in [0.4, 0.5) is 0 Å². The first-order valence-corrected chi connectivity index (χ1v) is 5.37. The summed E-state index contributed by atoms with van der Waals surface area (Å²) in [7, 11) is 0. The van der Waals surface area contributed by atoms with Crippen molar-refractivity contribution < 1.29 is 9.90 Å². The molecule has 0 aliphatic rings. The molecule has 0 spiro atoms. The number of aromatic hydroxyl groups is 1. The number of phenols is 1. The molecular formula is C12H18N2O2. The Labute approximate surface area is 95.7 Å². The molecule has 16 heavy (non-hydrogen) atoms. The zero-order valence-electron chi connectivity index (χ0n) is 9.66. The highest BCUT2D eigenvalue weighted by Gasteiger charge is 2.07. The van der Waals surface area contributed by atoms with Crippen LogP contribution >= 0.6 is 0 Å². The van der Waals surface area contributed by atoms with E-state index in [2.05, 4.69) is 10.6 Å². The van der Waals surface area contributed by atoms with Crippen molar-refractivity contribution in [3.8, 4) is 5.75 Å². The summed E-state index contributed by atoms with van der Waals surface area (Å²) < 4.78 is 0. The molecule has 1 aromatic carbocycles. The minimum atomic E-state index is -0.0305. The Morgan fingerprint density at radius 2 is 2.06 bits per heavy atom. The molecule has 0 saturated heterocycles. The molecule has 0 saturated carbocycles. The number of para-hydroxylation sites is 1. The van der Waals surface area contributed by atoms with Gasteiger partial charge >= 0.3 is 0 Å². The largest absolute Gasteiger partial charge is 0.508 e. The van der Waals surface area contributed by atoms with Crippen LogP contribution in [-0.2, 0) is 4.79 Å². The second kappa shape index (κ2) is 6.12. The number of hydrogen-bond acceptors (Lipinski definition) is 3. The van der Waals surface area contributed by atoms with Gasteiger partial charge in [-0.3, -0.25) is 4.79 Å². The number of carbonyl (C=O) groups excluding carboxylic acids is 1. The van der Waals surface area contributed by atoms with Gasteiger partial charge in [-0.1, -0.05) is 18.2 Å². The molecule has 1 unspecified atom stereocenters. The van der Waals surface area contributed by atoms with Crippen LogP contribution in [0.2, 0.25) is 0 Å². The van der Waals surface area contributed by atoms with Crippen LogP contribution in [0.5, 0.6) is 5.75 Å².